The van der Waals surface area contributed by atoms with Gasteiger partial charge in [-0.05, 0) is 37.3 Å². The van der Waals surface area contributed by atoms with E-state index in [0.717, 1.165) is 25.2 Å². The van der Waals surface area contributed by atoms with Crippen molar-refractivity contribution in [1.29, 1.82) is 0 Å². The van der Waals surface area contributed by atoms with Crippen LogP contribution < -0.4 is 0 Å². The van der Waals surface area contributed by atoms with Gasteiger partial charge in [0, 0.05) is 44.4 Å². The topological polar surface area (TPSA) is 59.7 Å². The molecule has 2 saturated heterocycles. The number of carbonyl (C=O) groups is 2. The van der Waals surface area contributed by atoms with Gasteiger partial charge in [-0.1, -0.05) is 18.2 Å². The first-order chi connectivity index (χ1) is 12.0. The molecule has 4 rings (SSSR count). The molecule has 1 aromatic carbocycles. The molecule has 1 N–H and O–H groups in total. The zero-order chi connectivity index (χ0) is 17.6. The van der Waals surface area contributed by atoms with Gasteiger partial charge >= 0.3 is 6.03 Å². The Kier molecular flexibility index (Phi) is 3.80. The third-order valence-corrected chi connectivity index (χ3v) is 5.72. The van der Waals surface area contributed by atoms with Crippen LogP contribution in [0.25, 0.3) is 10.9 Å². The fourth-order valence-corrected chi connectivity index (χ4v) is 4.34. The predicted octanol–water partition coefficient (Wildman–Crippen LogP) is 2.42. The first kappa shape index (κ1) is 16.1. The van der Waals surface area contributed by atoms with E-state index in [4.69, 9.17) is 0 Å². The smallest absolute Gasteiger partial charge is 0.327 e. The molecule has 0 radical (unpaired) electrons. The average molecular weight is 340 g/mol. The van der Waals surface area contributed by atoms with E-state index in [1.165, 1.54) is 16.0 Å². The largest absolute Gasteiger partial charge is 0.357 e. The summed E-state index contributed by atoms with van der Waals surface area (Å²) in [5.74, 6) is -0.0374. The molecule has 0 unspecified atom stereocenters. The SMILES string of the molecule is CCN1C(=O)N(C)C(=O)C12CCN(Cc1cc3ccccc3[nH]1)CC2. The highest BCUT2D eigenvalue weighted by Gasteiger charge is 2.56. The summed E-state index contributed by atoms with van der Waals surface area (Å²) in [6, 6.07) is 10.3. The number of rotatable bonds is 3. The molecule has 2 fully saturated rings. The summed E-state index contributed by atoms with van der Waals surface area (Å²) in [5.41, 5.74) is 1.72. The molecule has 1 spiro atoms. The number of H-pyrrole nitrogens is 1. The van der Waals surface area contributed by atoms with E-state index in [9.17, 15) is 9.59 Å². The maximum absolute atomic E-state index is 12.7. The van der Waals surface area contributed by atoms with E-state index in [0.29, 0.717) is 19.4 Å². The van der Waals surface area contributed by atoms with Crippen molar-refractivity contribution in [3.63, 3.8) is 0 Å². The number of aromatic nitrogens is 1. The second-order valence-corrected chi connectivity index (χ2v) is 7.08. The van der Waals surface area contributed by atoms with Crippen LogP contribution in [0.2, 0.25) is 0 Å². The summed E-state index contributed by atoms with van der Waals surface area (Å²) < 4.78 is 0. The number of fused-ring (bicyclic) bond motifs is 1. The lowest BCUT2D eigenvalue weighted by Crippen LogP contribution is -2.56. The summed E-state index contributed by atoms with van der Waals surface area (Å²) in [6.45, 7) is 5.01. The number of aromatic amines is 1. The third-order valence-electron chi connectivity index (χ3n) is 5.72. The number of carbonyl (C=O) groups excluding carboxylic acids is 2. The Hall–Kier alpha value is -2.34. The number of urea groups is 1. The Bertz CT molecular complexity index is 787. The Morgan fingerprint density at radius 2 is 1.88 bits per heavy atom. The maximum atomic E-state index is 12.7. The standard InChI is InChI=1S/C19H24N4O2/c1-3-23-18(25)21(2)17(24)19(23)8-10-22(11-9-19)13-15-12-14-6-4-5-7-16(14)20-15/h4-7,12,20H,3,8-11,13H2,1-2H3. The summed E-state index contributed by atoms with van der Waals surface area (Å²) in [7, 11) is 1.60. The highest BCUT2D eigenvalue weighted by atomic mass is 16.2. The van der Waals surface area contributed by atoms with Crippen LogP contribution in [0.1, 0.15) is 25.5 Å². The zero-order valence-corrected chi connectivity index (χ0v) is 14.8. The molecule has 2 aliphatic rings. The predicted molar refractivity (Wildman–Crippen MR) is 96.1 cm³/mol. The zero-order valence-electron chi connectivity index (χ0n) is 14.8. The molecule has 3 amide bonds. The van der Waals surface area contributed by atoms with Crippen LogP contribution in [0.4, 0.5) is 4.79 Å². The molecule has 6 nitrogen and oxygen atoms in total. The van der Waals surface area contributed by atoms with Gasteiger partial charge < -0.3 is 9.88 Å². The van der Waals surface area contributed by atoms with Crippen molar-refractivity contribution in [3.8, 4) is 0 Å². The fourth-order valence-electron chi connectivity index (χ4n) is 4.34. The summed E-state index contributed by atoms with van der Waals surface area (Å²) in [6.07, 6.45) is 1.41. The van der Waals surface area contributed by atoms with Gasteiger partial charge in [-0.3, -0.25) is 14.6 Å². The van der Waals surface area contributed by atoms with E-state index >= 15 is 0 Å². The number of para-hydroxylation sites is 1. The normalized spacial score (nSPS) is 21.0. The lowest BCUT2D eigenvalue weighted by Gasteiger charge is -2.41. The molecule has 25 heavy (non-hydrogen) atoms. The van der Waals surface area contributed by atoms with E-state index in [1.807, 2.05) is 19.1 Å². The van der Waals surface area contributed by atoms with E-state index < -0.39 is 5.54 Å². The first-order valence-electron chi connectivity index (χ1n) is 8.94. The number of amides is 3. The second kappa shape index (κ2) is 5.88. The minimum absolute atomic E-state index is 0.0374. The average Bonchev–Trinajstić information content (AvgIpc) is 3.10. The van der Waals surface area contributed by atoms with Crippen molar-refractivity contribution in [2.24, 2.45) is 0 Å². The molecular formula is C19H24N4O2. The molecule has 6 heteroatoms. The Labute approximate surface area is 147 Å². The lowest BCUT2D eigenvalue weighted by atomic mass is 9.86. The molecule has 1 aromatic heterocycles. The second-order valence-electron chi connectivity index (χ2n) is 7.08. The van der Waals surface area contributed by atoms with Crippen molar-refractivity contribution in [3.05, 3.63) is 36.0 Å². The quantitative estimate of drug-likeness (QED) is 0.873. The van der Waals surface area contributed by atoms with Crippen LogP contribution in [-0.4, -0.2) is 63.8 Å². The monoisotopic (exact) mass is 340 g/mol. The molecule has 2 aromatic rings. The van der Waals surface area contributed by atoms with Gasteiger partial charge in [0.25, 0.3) is 5.91 Å². The summed E-state index contributed by atoms with van der Waals surface area (Å²) in [4.78, 5) is 33.9. The van der Waals surface area contributed by atoms with Gasteiger partial charge in [-0.15, -0.1) is 0 Å². The van der Waals surface area contributed by atoms with Crippen molar-refractivity contribution in [2.45, 2.75) is 31.8 Å². The van der Waals surface area contributed by atoms with Crippen molar-refractivity contribution in [1.82, 2.24) is 19.7 Å². The molecule has 0 bridgehead atoms. The van der Waals surface area contributed by atoms with Gasteiger partial charge in [0.1, 0.15) is 5.54 Å². The Balaban J connectivity index is 1.47. The summed E-state index contributed by atoms with van der Waals surface area (Å²) >= 11 is 0. The number of hydrogen-bond acceptors (Lipinski definition) is 3. The van der Waals surface area contributed by atoms with Crippen LogP contribution in [-0.2, 0) is 11.3 Å². The number of piperidine rings is 1. The number of nitrogens with zero attached hydrogens (tertiary/aromatic N) is 3. The van der Waals surface area contributed by atoms with Crippen LogP contribution in [0, 0.1) is 0 Å². The van der Waals surface area contributed by atoms with Gasteiger partial charge in [0.2, 0.25) is 0 Å². The molecule has 0 saturated carbocycles. The number of imide groups is 1. The molecule has 0 atom stereocenters. The van der Waals surface area contributed by atoms with E-state index in [-0.39, 0.29) is 11.9 Å². The third kappa shape index (κ3) is 2.43. The highest BCUT2D eigenvalue weighted by molar-refractivity contribution is 6.06. The van der Waals surface area contributed by atoms with E-state index in [2.05, 4.69) is 28.1 Å². The number of nitrogens with one attached hydrogen (secondary N) is 1. The van der Waals surface area contributed by atoms with Crippen molar-refractivity contribution in [2.75, 3.05) is 26.7 Å². The van der Waals surface area contributed by atoms with Gasteiger partial charge in [0.05, 0.1) is 0 Å². The van der Waals surface area contributed by atoms with Crippen LogP contribution >= 0.6 is 0 Å². The van der Waals surface area contributed by atoms with Gasteiger partial charge in [-0.25, -0.2) is 4.79 Å². The minimum Gasteiger partial charge on any atom is -0.357 e. The molecule has 3 heterocycles. The van der Waals surface area contributed by atoms with Crippen molar-refractivity contribution >= 4 is 22.8 Å². The Morgan fingerprint density at radius 3 is 2.56 bits per heavy atom. The molecular weight excluding hydrogens is 316 g/mol. The van der Waals surface area contributed by atoms with Crippen molar-refractivity contribution < 1.29 is 9.59 Å². The number of likely N-dealkylation sites (tertiary alicyclic amines) is 1. The van der Waals surface area contributed by atoms with Gasteiger partial charge in [0.15, 0.2) is 0 Å². The van der Waals surface area contributed by atoms with Crippen LogP contribution in [0.15, 0.2) is 30.3 Å². The first-order valence-corrected chi connectivity index (χ1v) is 8.94. The van der Waals surface area contributed by atoms with Crippen LogP contribution in [0.5, 0.6) is 0 Å². The molecule has 132 valence electrons. The van der Waals surface area contributed by atoms with Gasteiger partial charge in [-0.2, -0.15) is 0 Å². The minimum atomic E-state index is -0.627. The molecule has 0 aliphatic carbocycles. The number of benzene rings is 1. The van der Waals surface area contributed by atoms with E-state index in [1.54, 1.807) is 11.9 Å². The number of hydrogen-bond donors (Lipinski definition) is 1. The summed E-state index contributed by atoms with van der Waals surface area (Å²) in [5, 5.41) is 1.22. The Morgan fingerprint density at radius 1 is 1.16 bits per heavy atom. The fraction of sp³-hybridized carbons (Fsp3) is 0.474. The number of likely N-dealkylation sites (N-methyl/N-ethyl adjacent to an activating group) is 2. The highest BCUT2D eigenvalue weighted by Crippen LogP contribution is 2.36. The molecule has 2 aliphatic heterocycles. The maximum Gasteiger partial charge on any atom is 0.327 e. The lowest BCUT2D eigenvalue weighted by molar-refractivity contribution is -0.134. The van der Waals surface area contributed by atoms with Crippen LogP contribution in [0.3, 0.4) is 0 Å².